The first-order valence-electron chi connectivity index (χ1n) is 10.3. The normalized spacial score (nSPS) is 16.1. The van der Waals surface area contributed by atoms with E-state index in [-0.39, 0.29) is 11.7 Å². The minimum absolute atomic E-state index is 0.248. The summed E-state index contributed by atoms with van der Waals surface area (Å²) in [4.78, 5) is 30.8. The Hall–Kier alpha value is -2.90. The van der Waals surface area contributed by atoms with Crippen molar-refractivity contribution < 1.29 is 27.5 Å². The number of Topliss-reactive ketones (excluding diaryl/α,β-unsaturated/α-hetero) is 1. The lowest BCUT2D eigenvalue weighted by molar-refractivity contribution is -0.152. The van der Waals surface area contributed by atoms with Gasteiger partial charge in [-0.3, -0.25) is 9.59 Å². The zero-order valence-corrected chi connectivity index (χ0v) is 17.5. The lowest BCUT2D eigenvalue weighted by atomic mass is 9.96. The van der Waals surface area contributed by atoms with Gasteiger partial charge in [-0.25, -0.2) is 4.98 Å². The van der Waals surface area contributed by atoms with Crippen molar-refractivity contribution in [1.82, 2.24) is 4.98 Å². The molecule has 0 saturated carbocycles. The second kappa shape index (κ2) is 9.49. The van der Waals surface area contributed by atoms with Gasteiger partial charge in [-0.1, -0.05) is 31.2 Å². The average molecular weight is 434 g/mol. The monoisotopic (exact) mass is 434 g/mol. The molecular weight excluding hydrogens is 409 g/mol. The Kier molecular flexibility index (Phi) is 6.97. The molecule has 8 heteroatoms. The number of aromatic nitrogens is 1. The van der Waals surface area contributed by atoms with E-state index in [4.69, 9.17) is 4.74 Å². The summed E-state index contributed by atoms with van der Waals surface area (Å²) in [5.41, 5.74) is 0.828. The first-order chi connectivity index (χ1) is 14.7. The first-order valence-corrected chi connectivity index (χ1v) is 10.3. The average Bonchev–Trinajstić information content (AvgIpc) is 2.78. The summed E-state index contributed by atoms with van der Waals surface area (Å²) in [6.07, 6.45) is -2.65. The summed E-state index contributed by atoms with van der Waals surface area (Å²) in [5, 5.41) is 0. The second-order valence-electron chi connectivity index (χ2n) is 7.66. The number of anilines is 1. The summed E-state index contributed by atoms with van der Waals surface area (Å²) >= 11 is 0. The third kappa shape index (κ3) is 5.62. The van der Waals surface area contributed by atoms with Crippen LogP contribution in [0.25, 0.3) is 0 Å². The third-order valence-electron chi connectivity index (χ3n) is 5.54. The van der Waals surface area contributed by atoms with Gasteiger partial charge in [0.15, 0.2) is 6.10 Å². The first kappa shape index (κ1) is 22.8. The maximum atomic E-state index is 12.7. The molecule has 1 aliphatic heterocycles. The van der Waals surface area contributed by atoms with Crippen LogP contribution in [0.1, 0.15) is 48.2 Å². The van der Waals surface area contributed by atoms with E-state index in [0.717, 1.165) is 24.2 Å². The highest BCUT2D eigenvalue weighted by molar-refractivity contribution is 6.00. The number of carbonyl (C=O) groups is 2. The van der Waals surface area contributed by atoms with Crippen LogP contribution >= 0.6 is 0 Å². The standard InChI is InChI=1S/C23H25F3N2O3/c1-3-16-4-6-17(7-5-16)21(29)15(2)31-22(30)18-10-12-28(13-11-18)20-9-8-19(14-27-20)23(24,25)26/h4-9,14-15,18H,3,10-13H2,1-2H3/t15-/m0/s1. The molecule has 166 valence electrons. The van der Waals surface area contributed by atoms with Gasteiger partial charge in [0.25, 0.3) is 0 Å². The number of aryl methyl sites for hydroxylation is 1. The fourth-order valence-electron chi connectivity index (χ4n) is 3.55. The predicted molar refractivity (Wildman–Crippen MR) is 110 cm³/mol. The molecule has 3 rings (SSSR count). The van der Waals surface area contributed by atoms with Crippen LogP contribution in [0.4, 0.5) is 19.0 Å². The van der Waals surface area contributed by atoms with Crippen LogP contribution in [0.2, 0.25) is 0 Å². The fraction of sp³-hybridized carbons (Fsp3) is 0.435. The second-order valence-corrected chi connectivity index (χ2v) is 7.66. The number of alkyl halides is 3. The molecule has 2 heterocycles. The van der Waals surface area contributed by atoms with Crippen LogP contribution in [0, 0.1) is 5.92 Å². The Morgan fingerprint density at radius 1 is 1.13 bits per heavy atom. The van der Waals surface area contributed by atoms with E-state index >= 15 is 0 Å². The number of ether oxygens (including phenoxy) is 1. The Labute approximate surface area is 179 Å². The molecule has 1 atom stereocenters. The summed E-state index contributed by atoms with van der Waals surface area (Å²) in [6.45, 7) is 4.53. The zero-order chi connectivity index (χ0) is 22.6. The van der Waals surface area contributed by atoms with Crippen molar-refractivity contribution in [3.63, 3.8) is 0 Å². The van der Waals surface area contributed by atoms with Gasteiger partial charge in [-0.05, 0) is 43.9 Å². The molecule has 31 heavy (non-hydrogen) atoms. The summed E-state index contributed by atoms with van der Waals surface area (Å²) in [6, 6.07) is 9.58. The van der Waals surface area contributed by atoms with Crippen LogP contribution in [0.3, 0.4) is 0 Å². The quantitative estimate of drug-likeness (QED) is 0.488. The molecule has 1 saturated heterocycles. The number of hydrogen-bond donors (Lipinski definition) is 0. The lowest BCUT2D eigenvalue weighted by Gasteiger charge is -2.32. The Morgan fingerprint density at radius 3 is 2.29 bits per heavy atom. The number of nitrogens with zero attached hydrogens (tertiary/aromatic N) is 2. The van der Waals surface area contributed by atoms with Gasteiger partial charge in [0.1, 0.15) is 5.82 Å². The van der Waals surface area contributed by atoms with Gasteiger partial charge in [-0.2, -0.15) is 13.2 Å². The van der Waals surface area contributed by atoms with E-state index in [1.165, 1.54) is 6.07 Å². The molecule has 0 radical (unpaired) electrons. The van der Waals surface area contributed by atoms with Gasteiger partial charge < -0.3 is 9.64 Å². The van der Waals surface area contributed by atoms with Crippen LogP contribution in [0.5, 0.6) is 0 Å². The van der Waals surface area contributed by atoms with Crippen LogP contribution < -0.4 is 4.90 Å². The molecule has 1 aliphatic rings. The van der Waals surface area contributed by atoms with Crippen LogP contribution in [-0.4, -0.2) is 35.9 Å². The lowest BCUT2D eigenvalue weighted by Crippen LogP contribution is -2.38. The molecule has 2 aromatic rings. The number of hydrogen-bond acceptors (Lipinski definition) is 5. The largest absolute Gasteiger partial charge is 0.454 e. The highest BCUT2D eigenvalue weighted by Gasteiger charge is 2.32. The molecule has 0 amide bonds. The predicted octanol–water partition coefficient (Wildman–Crippen LogP) is 4.69. The minimum Gasteiger partial charge on any atom is -0.454 e. The van der Waals surface area contributed by atoms with E-state index in [0.29, 0.717) is 37.3 Å². The zero-order valence-electron chi connectivity index (χ0n) is 17.5. The molecule has 0 N–H and O–H groups in total. The van der Waals surface area contributed by atoms with E-state index in [1.807, 2.05) is 24.0 Å². The molecule has 0 bridgehead atoms. The highest BCUT2D eigenvalue weighted by Crippen LogP contribution is 2.30. The van der Waals surface area contributed by atoms with Crippen molar-refractivity contribution in [2.75, 3.05) is 18.0 Å². The topological polar surface area (TPSA) is 59.5 Å². The van der Waals surface area contributed by atoms with Crippen molar-refractivity contribution in [2.24, 2.45) is 5.92 Å². The molecular formula is C23H25F3N2O3. The van der Waals surface area contributed by atoms with Gasteiger partial charge in [0.2, 0.25) is 5.78 Å². The van der Waals surface area contributed by atoms with Crippen molar-refractivity contribution in [3.8, 4) is 0 Å². The van der Waals surface area contributed by atoms with E-state index < -0.39 is 23.8 Å². The highest BCUT2D eigenvalue weighted by atomic mass is 19.4. The van der Waals surface area contributed by atoms with Gasteiger partial charge in [0.05, 0.1) is 11.5 Å². The van der Waals surface area contributed by atoms with Crippen LogP contribution in [-0.2, 0) is 22.1 Å². The van der Waals surface area contributed by atoms with Gasteiger partial charge >= 0.3 is 12.1 Å². The van der Waals surface area contributed by atoms with Crippen molar-refractivity contribution >= 4 is 17.6 Å². The summed E-state index contributed by atoms with van der Waals surface area (Å²) in [5.74, 6) is -0.587. The third-order valence-corrected chi connectivity index (χ3v) is 5.54. The van der Waals surface area contributed by atoms with Crippen molar-refractivity contribution in [2.45, 2.75) is 45.4 Å². The molecule has 0 spiro atoms. The molecule has 1 aromatic heterocycles. The Balaban J connectivity index is 1.52. The number of rotatable bonds is 6. The molecule has 5 nitrogen and oxygen atoms in total. The van der Waals surface area contributed by atoms with Gasteiger partial charge in [0, 0.05) is 24.8 Å². The molecule has 1 fully saturated rings. The minimum atomic E-state index is -4.42. The number of carbonyl (C=O) groups excluding carboxylic acids is 2. The molecule has 0 unspecified atom stereocenters. The van der Waals surface area contributed by atoms with E-state index in [9.17, 15) is 22.8 Å². The molecule has 0 aliphatic carbocycles. The van der Waals surface area contributed by atoms with Crippen molar-refractivity contribution in [1.29, 1.82) is 0 Å². The number of ketones is 1. The summed E-state index contributed by atoms with van der Waals surface area (Å²) < 4.78 is 43.4. The van der Waals surface area contributed by atoms with Crippen molar-refractivity contribution in [3.05, 3.63) is 59.3 Å². The Morgan fingerprint density at radius 2 is 1.77 bits per heavy atom. The smallest absolute Gasteiger partial charge is 0.417 e. The SMILES string of the molecule is CCc1ccc(C(=O)[C@H](C)OC(=O)C2CCN(c3ccc(C(F)(F)F)cn3)CC2)cc1. The van der Waals surface area contributed by atoms with E-state index in [1.54, 1.807) is 19.1 Å². The Bertz CT molecular complexity index is 903. The number of pyridine rings is 1. The maximum Gasteiger partial charge on any atom is 0.417 e. The fourth-order valence-corrected chi connectivity index (χ4v) is 3.55. The molecule has 1 aromatic carbocycles. The maximum absolute atomic E-state index is 12.7. The number of benzene rings is 1. The summed E-state index contributed by atoms with van der Waals surface area (Å²) in [7, 11) is 0. The number of esters is 1. The van der Waals surface area contributed by atoms with E-state index in [2.05, 4.69) is 4.98 Å². The number of piperidine rings is 1. The van der Waals surface area contributed by atoms with Gasteiger partial charge in [-0.15, -0.1) is 0 Å². The van der Waals surface area contributed by atoms with Crippen LogP contribution in [0.15, 0.2) is 42.6 Å². The number of halogens is 3.